The lowest BCUT2D eigenvalue weighted by Crippen LogP contribution is -2.55. The minimum atomic E-state index is -0.104. The number of fused-ring (bicyclic) bond motifs is 2. The van der Waals surface area contributed by atoms with Gasteiger partial charge in [0.1, 0.15) is 0 Å². The van der Waals surface area contributed by atoms with Gasteiger partial charge < -0.3 is 19.5 Å². The van der Waals surface area contributed by atoms with Gasteiger partial charge in [-0.1, -0.05) is 38.1 Å². The fourth-order valence-corrected chi connectivity index (χ4v) is 9.25. The molecule has 7 rings (SSSR count). The van der Waals surface area contributed by atoms with E-state index in [1.165, 1.54) is 54.0 Å². The second kappa shape index (κ2) is 10.7. The van der Waals surface area contributed by atoms with Gasteiger partial charge in [-0.25, -0.2) is 0 Å². The molecule has 5 nitrogen and oxygen atoms in total. The van der Waals surface area contributed by atoms with Crippen LogP contribution in [0.3, 0.4) is 0 Å². The van der Waals surface area contributed by atoms with Crippen LogP contribution < -0.4 is 5.32 Å². The van der Waals surface area contributed by atoms with Crippen LogP contribution in [-0.2, 0) is 14.2 Å². The Morgan fingerprint density at radius 2 is 1.93 bits per heavy atom. The fraction of sp³-hybridized carbons (Fsp3) is 0.629. The Morgan fingerprint density at radius 3 is 2.83 bits per heavy atom. The van der Waals surface area contributed by atoms with E-state index in [0.717, 1.165) is 45.4 Å². The summed E-state index contributed by atoms with van der Waals surface area (Å²) in [5.41, 5.74) is 4.60. The van der Waals surface area contributed by atoms with Crippen LogP contribution in [0.15, 0.2) is 60.0 Å². The first-order chi connectivity index (χ1) is 19.6. The van der Waals surface area contributed by atoms with Gasteiger partial charge in [0.25, 0.3) is 0 Å². The summed E-state index contributed by atoms with van der Waals surface area (Å²) in [5, 5.41) is 6.35. The average molecular weight is 543 g/mol. The SMILES string of the molecule is CCCOCCOCCN[C@H]1CCC2=CC3=CC[C@]4(C)[C@@H](c5ccc6ccncc6c5)CC[C@H]4C34CC[C@]2(C1)O4. The molecular weight excluding hydrogens is 496 g/mol. The molecule has 2 spiro atoms. The third-order valence-electron chi connectivity index (χ3n) is 11.1. The lowest BCUT2D eigenvalue weighted by atomic mass is 9.58. The van der Waals surface area contributed by atoms with E-state index < -0.39 is 0 Å². The van der Waals surface area contributed by atoms with Gasteiger partial charge in [-0.15, -0.1) is 0 Å². The number of pyridine rings is 1. The predicted molar refractivity (Wildman–Crippen MR) is 159 cm³/mol. The summed E-state index contributed by atoms with van der Waals surface area (Å²) in [4.78, 5) is 4.40. The van der Waals surface area contributed by atoms with Crippen molar-refractivity contribution in [1.82, 2.24) is 10.3 Å². The summed E-state index contributed by atoms with van der Waals surface area (Å²) >= 11 is 0. The van der Waals surface area contributed by atoms with Crippen molar-refractivity contribution in [2.24, 2.45) is 11.3 Å². The van der Waals surface area contributed by atoms with E-state index in [2.05, 4.69) is 60.6 Å². The summed E-state index contributed by atoms with van der Waals surface area (Å²) < 4.78 is 18.8. The Labute approximate surface area is 239 Å². The van der Waals surface area contributed by atoms with Gasteiger partial charge in [0.05, 0.1) is 31.0 Å². The lowest BCUT2D eigenvalue weighted by Gasteiger charge is -2.54. The molecule has 5 aliphatic rings. The highest BCUT2D eigenvalue weighted by atomic mass is 16.5. The number of nitrogens with zero attached hydrogens (tertiary/aromatic N) is 1. The van der Waals surface area contributed by atoms with Gasteiger partial charge in [-0.3, -0.25) is 4.98 Å². The van der Waals surface area contributed by atoms with Crippen LogP contribution in [0.2, 0.25) is 0 Å². The smallest absolute Gasteiger partial charge is 0.0974 e. The third-order valence-corrected chi connectivity index (χ3v) is 11.1. The number of rotatable bonds is 10. The van der Waals surface area contributed by atoms with E-state index in [1.807, 2.05) is 12.4 Å². The molecule has 1 N–H and O–H groups in total. The molecule has 1 saturated heterocycles. The summed E-state index contributed by atoms with van der Waals surface area (Å²) in [6, 6.07) is 9.70. The van der Waals surface area contributed by atoms with Crippen molar-refractivity contribution in [3.63, 3.8) is 0 Å². The van der Waals surface area contributed by atoms with E-state index >= 15 is 0 Å². The topological polar surface area (TPSA) is 52.6 Å². The van der Waals surface area contributed by atoms with E-state index in [0.29, 0.717) is 31.1 Å². The van der Waals surface area contributed by atoms with Crippen molar-refractivity contribution in [3.8, 4) is 0 Å². The number of aromatic nitrogens is 1. The predicted octanol–water partition coefficient (Wildman–Crippen LogP) is 6.88. The van der Waals surface area contributed by atoms with Gasteiger partial charge in [-0.05, 0) is 109 Å². The molecule has 3 fully saturated rings. The van der Waals surface area contributed by atoms with E-state index in [-0.39, 0.29) is 16.6 Å². The monoisotopic (exact) mass is 542 g/mol. The van der Waals surface area contributed by atoms with Crippen molar-refractivity contribution < 1.29 is 14.2 Å². The molecule has 0 radical (unpaired) electrons. The Kier molecular flexibility index (Phi) is 7.14. The van der Waals surface area contributed by atoms with Crippen LogP contribution in [0, 0.1) is 11.3 Å². The van der Waals surface area contributed by atoms with Gasteiger partial charge in [-0.2, -0.15) is 0 Å². The second-order valence-corrected chi connectivity index (χ2v) is 13.3. The van der Waals surface area contributed by atoms with Gasteiger partial charge >= 0.3 is 0 Å². The maximum atomic E-state index is 7.49. The quantitative estimate of drug-likeness (QED) is 0.332. The molecular formula is C35H46N2O3. The van der Waals surface area contributed by atoms with Crippen LogP contribution in [0.25, 0.3) is 10.8 Å². The minimum Gasteiger partial charge on any atom is -0.379 e. The molecule has 6 atom stereocenters. The molecule has 1 aromatic heterocycles. The van der Waals surface area contributed by atoms with Crippen molar-refractivity contribution in [2.75, 3.05) is 33.0 Å². The molecule has 3 heterocycles. The standard InChI is InChI=1S/C35H46N2O3/c1-3-17-38-19-20-39-18-16-37-30-7-6-28-22-29-10-12-33(2)31(26-5-4-25-11-15-36-24-27(25)21-26)8-9-32(33)35(29)14-13-34(28,23-30)40-35/h4-5,10-11,15,21-22,24,30-32,37H,3,6-9,12-14,16-20,23H2,1-2H3/t30-,31+,32+,33+,34+,35?/m0/s1. The number of ether oxygens (including phenoxy) is 3. The summed E-state index contributed by atoms with van der Waals surface area (Å²) in [6.45, 7) is 8.54. The summed E-state index contributed by atoms with van der Waals surface area (Å²) in [5.74, 6) is 1.14. The van der Waals surface area contributed by atoms with Gasteiger partial charge in [0.2, 0.25) is 0 Å². The highest BCUT2D eigenvalue weighted by molar-refractivity contribution is 5.82. The normalized spacial score (nSPS) is 36.1. The number of nitrogens with one attached hydrogen (secondary N) is 1. The lowest BCUT2D eigenvalue weighted by molar-refractivity contribution is -0.136. The fourth-order valence-electron chi connectivity index (χ4n) is 9.25. The Hall–Kier alpha value is -2.05. The Balaban J connectivity index is 1.05. The molecule has 0 amide bonds. The zero-order valence-corrected chi connectivity index (χ0v) is 24.4. The molecule has 5 heteroatoms. The second-order valence-electron chi connectivity index (χ2n) is 13.3. The van der Waals surface area contributed by atoms with Gasteiger partial charge in [0, 0.05) is 37.0 Å². The first-order valence-corrected chi connectivity index (χ1v) is 15.9. The zero-order chi connectivity index (χ0) is 27.2. The number of allylic oxidation sites excluding steroid dienone is 1. The van der Waals surface area contributed by atoms with E-state index in [1.54, 1.807) is 5.57 Å². The number of hydrogen-bond acceptors (Lipinski definition) is 5. The van der Waals surface area contributed by atoms with Crippen LogP contribution in [0.4, 0.5) is 0 Å². The Morgan fingerprint density at radius 1 is 1.02 bits per heavy atom. The molecule has 1 aromatic carbocycles. The Bertz CT molecular complexity index is 1300. The number of hydrogen-bond donors (Lipinski definition) is 1. The zero-order valence-electron chi connectivity index (χ0n) is 24.4. The van der Waals surface area contributed by atoms with Crippen LogP contribution in [0.1, 0.15) is 83.1 Å². The van der Waals surface area contributed by atoms with Crippen molar-refractivity contribution in [2.45, 2.75) is 94.8 Å². The van der Waals surface area contributed by atoms with Crippen molar-refractivity contribution in [3.05, 3.63) is 65.5 Å². The maximum absolute atomic E-state index is 7.49. The first kappa shape index (κ1) is 26.8. The molecule has 2 aromatic rings. The molecule has 214 valence electrons. The van der Waals surface area contributed by atoms with Crippen molar-refractivity contribution >= 4 is 10.8 Å². The van der Waals surface area contributed by atoms with E-state index in [9.17, 15) is 0 Å². The maximum Gasteiger partial charge on any atom is 0.0974 e. The van der Waals surface area contributed by atoms with Gasteiger partial charge in [0.15, 0.2) is 0 Å². The first-order valence-electron chi connectivity index (χ1n) is 15.9. The largest absolute Gasteiger partial charge is 0.379 e. The van der Waals surface area contributed by atoms with Crippen LogP contribution in [0.5, 0.6) is 0 Å². The molecule has 1 unspecified atom stereocenters. The highest BCUT2D eigenvalue weighted by Gasteiger charge is 2.66. The molecule has 2 bridgehead atoms. The molecule has 2 saturated carbocycles. The molecule has 40 heavy (non-hydrogen) atoms. The van der Waals surface area contributed by atoms with E-state index in [4.69, 9.17) is 14.2 Å². The van der Waals surface area contributed by atoms with Crippen LogP contribution >= 0.6 is 0 Å². The number of benzene rings is 1. The molecule has 2 aliphatic heterocycles. The van der Waals surface area contributed by atoms with Crippen molar-refractivity contribution in [1.29, 1.82) is 0 Å². The average Bonchev–Trinajstić information content (AvgIpc) is 3.49. The third kappa shape index (κ3) is 4.40. The minimum absolute atomic E-state index is 0.0763. The molecule has 3 aliphatic carbocycles. The summed E-state index contributed by atoms with van der Waals surface area (Å²) in [6.07, 6.45) is 19.6. The highest BCUT2D eigenvalue weighted by Crippen LogP contribution is 2.69. The van der Waals surface area contributed by atoms with Crippen LogP contribution in [-0.4, -0.2) is 55.2 Å². The summed E-state index contributed by atoms with van der Waals surface area (Å²) in [7, 11) is 0.